The van der Waals surface area contributed by atoms with Gasteiger partial charge in [0, 0.05) is 45.4 Å². The van der Waals surface area contributed by atoms with Crippen LogP contribution in [0.3, 0.4) is 0 Å². The summed E-state index contributed by atoms with van der Waals surface area (Å²) in [6.45, 7) is 1.51. The summed E-state index contributed by atoms with van der Waals surface area (Å²) >= 11 is 0. The highest BCUT2D eigenvalue weighted by atomic mass is 16.5. The number of aliphatic carboxylic acids is 1. The number of carboxylic acids is 1. The Morgan fingerprint density at radius 1 is 1.28 bits per heavy atom. The molecule has 2 atom stereocenters. The molecule has 0 aromatic heterocycles. The zero-order valence-electron chi connectivity index (χ0n) is 14.6. The molecular formula is C18H25NO6. The Morgan fingerprint density at radius 2 is 2.08 bits per heavy atom. The number of nitrogens with zero attached hydrogens (tertiary/aromatic N) is 1. The van der Waals surface area contributed by atoms with Gasteiger partial charge in [-0.2, -0.15) is 0 Å². The fraction of sp³-hybridized carbons (Fsp3) is 0.556. The van der Waals surface area contributed by atoms with E-state index in [9.17, 15) is 9.59 Å². The van der Waals surface area contributed by atoms with Crippen LogP contribution in [0, 0.1) is 0 Å². The molecule has 7 heteroatoms. The third kappa shape index (κ3) is 5.44. The second-order valence-electron chi connectivity index (χ2n) is 6.03. The van der Waals surface area contributed by atoms with E-state index >= 15 is 0 Å². The van der Waals surface area contributed by atoms with E-state index in [4.69, 9.17) is 19.3 Å². The number of hydrogen-bond donors (Lipinski definition) is 1. The van der Waals surface area contributed by atoms with Crippen molar-refractivity contribution in [3.63, 3.8) is 0 Å². The summed E-state index contributed by atoms with van der Waals surface area (Å²) in [7, 11) is 3.21. The Labute approximate surface area is 147 Å². The zero-order valence-corrected chi connectivity index (χ0v) is 14.6. The van der Waals surface area contributed by atoms with Crippen molar-refractivity contribution >= 4 is 11.9 Å². The molecule has 2 rings (SSSR count). The molecule has 0 aliphatic carbocycles. The molecule has 1 N–H and O–H groups in total. The first-order chi connectivity index (χ1) is 12.0. The predicted molar refractivity (Wildman–Crippen MR) is 90.9 cm³/mol. The highest BCUT2D eigenvalue weighted by Crippen LogP contribution is 2.26. The van der Waals surface area contributed by atoms with Crippen molar-refractivity contribution in [1.29, 1.82) is 0 Å². The normalized spacial score (nSPS) is 19.8. The van der Waals surface area contributed by atoms with Crippen LogP contribution < -0.4 is 4.74 Å². The van der Waals surface area contributed by atoms with Gasteiger partial charge in [-0.1, -0.05) is 6.07 Å². The van der Waals surface area contributed by atoms with Crippen LogP contribution >= 0.6 is 0 Å². The number of carbonyl (C=O) groups excluding carboxylic acids is 1. The molecule has 1 amide bonds. The van der Waals surface area contributed by atoms with Gasteiger partial charge in [-0.15, -0.1) is 0 Å². The molecule has 1 aromatic carbocycles. The minimum Gasteiger partial charge on any atom is -0.493 e. The molecule has 1 aliphatic rings. The fourth-order valence-electron chi connectivity index (χ4n) is 2.97. The SMILES string of the molecule is COCCCOc1cccc(C(=O)N2CC(OC)CC2CC(=O)O)c1. The Bertz CT molecular complexity index is 591. The van der Waals surface area contributed by atoms with Crippen LogP contribution in [0.4, 0.5) is 0 Å². The average molecular weight is 351 g/mol. The smallest absolute Gasteiger partial charge is 0.305 e. The second-order valence-corrected chi connectivity index (χ2v) is 6.03. The van der Waals surface area contributed by atoms with Crippen LogP contribution in [0.15, 0.2) is 24.3 Å². The highest BCUT2D eigenvalue weighted by Gasteiger charge is 2.36. The predicted octanol–water partition coefficient (Wildman–Crippen LogP) is 1.81. The van der Waals surface area contributed by atoms with E-state index in [0.717, 1.165) is 6.42 Å². The largest absolute Gasteiger partial charge is 0.493 e. The third-order valence-corrected chi connectivity index (χ3v) is 4.22. The molecule has 138 valence electrons. The van der Waals surface area contributed by atoms with Crippen LogP contribution in [0.25, 0.3) is 0 Å². The van der Waals surface area contributed by atoms with Crippen LogP contribution in [-0.4, -0.2) is 68.0 Å². The average Bonchev–Trinajstić information content (AvgIpc) is 3.00. The first kappa shape index (κ1) is 19.2. The molecule has 2 unspecified atom stereocenters. The summed E-state index contributed by atoms with van der Waals surface area (Å²) in [4.78, 5) is 25.5. The lowest BCUT2D eigenvalue weighted by Gasteiger charge is -2.23. The van der Waals surface area contributed by atoms with Gasteiger partial charge < -0.3 is 24.2 Å². The van der Waals surface area contributed by atoms with Crippen molar-refractivity contribution in [2.75, 3.05) is 34.0 Å². The van der Waals surface area contributed by atoms with Crippen molar-refractivity contribution in [2.45, 2.75) is 31.4 Å². The number of carboxylic acid groups (broad SMARTS) is 1. The lowest BCUT2D eigenvalue weighted by atomic mass is 10.1. The van der Waals surface area contributed by atoms with Gasteiger partial charge in [0.05, 0.1) is 19.1 Å². The molecule has 0 bridgehead atoms. The number of ether oxygens (including phenoxy) is 3. The molecule has 1 saturated heterocycles. The van der Waals surface area contributed by atoms with E-state index in [1.807, 2.05) is 0 Å². The number of benzene rings is 1. The van der Waals surface area contributed by atoms with E-state index in [2.05, 4.69) is 0 Å². The van der Waals surface area contributed by atoms with E-state index in [1.54, 1.807) is 43.4 Å². The molecule has 0 spiro atoms. The molecule has 0 saturated carbocycles. The molecule has 25 heavy (non-hydrogen) atoms. The van der Waals surface area contributed by atoms with Gasteiger partial charge in [-0.05, 0) is 24.6 Å². The summed E-state index contributed by atoms with van der Waals surface area (Å²) in [5, 5.41) is 9.08. The van der Waals surface area contributed by atoms with Gasteiger partial charge in [0.15, 0.2) is 0 Å². The van der Waals surface area contributed by atoms with Crippen molar-refractivity contribution in [3.05, 3.63) is 29.8 Å². The lowest BCUT2D eigenvalue weighted by molar-refractivity contribution is -0.138. The maximum Gasteiger partial charge on any atom is 0.305 e. The molecule has 1 aliphatic heterocycles. The highest BCUT2D eigenvalue weighted by molar-refractivity contribution is 5.95. The van der Waals surface area contributed by atoms with Gasteiger partial charge in [0.2, 0.25) is 0 Å². The minimum absolute atomic E-state index is 0.0845. The molecular weight excluding hydrogens is 326 g/mol. The number of methoxy groups -OCH3 is 2. The van der Waals surface area contributed by atoms with Gasteiger partial charge in [-0.25, -0.2) is 0 Å². The minimum atomic E-state index is -0.921. The standard InChI is InChI=1S/C18H25NO6/c1-23-7-4-8-25-15-6-3-5-13(9-15)18(22)19-12-16(24-2)10-14(19)11-17(20)21/h3,5-6,9,14,16H,4,7-8,10-12H2,1-2H3,(H,20,21). The summed E-state index contributed by atoms with van der Waals surface area (Å²) in [6.07, 6.45) is 1.07. The Hall–Kier alpha value is -2.12. The van der Waals surface area contributed by atoms with Crippen molar-refractivity contribution in [3.8, 4) is 5.75 Å². The summed E-state index contributed by atoms with van der Waals surface area (Å²) < 4.78 is 15.9. The van der Waals surface area contributed by atoms with Crippen LogP contribution in [0.5, 0.6) is 5.75 Å². The van der Waals surface area contributed by atoms with E-state index in [1.165, 1.54) is 0 Å². The number of hydrogen-bond acceptors (Lipinski definition) is 5. The van der Waals surface area contributed by atoms with E-state index in [-0.39, 0.29) is 24.5 Å². The summed E-state index contributed by atoms with van der Waals surface area (Å²) in [5.74, 6) is -0.512. The first-order valence-electron chi connectivity index (χ1n) is 8.32. The van der Waals surface area contributed by atoms with Crippen LogP contribution in [-0.2, 0) is 14.3 Å². The van der Waals surface area contributed by atoms with Crippen LogP contribution in [0.1, 0.15) is 29.6 Å². The monoisotopic (exact) mass is 351 g/mol. The van der Waals surface area contributed by atoms with E-state index < -0.39 is 5.97 Å². The van der Waals surface area contributed by atoms with Crippen LogP contribution in [0.2, 0.25) is 0 Å². The zero-order chi connectivity index (χ0) is 18.2. The Kier molecular flexibility index (Phi) is 7.21. The fourth-order valence-corrected chi connectivity index (χ4v) is 2.97. The Balaban J connectivity index is 2.06. The van der Waals surface area contributed by atoms with Gasteiger partial charge in [-0.3, -0.25) is 9.59 Å². The topological polar surface area (TPSA) is 85.3 Å². The van der Waals surface area contributed by atoms with Crippen molar-refractivity contribution in [2.24, 2.45) is 0 Å². The van der Waals surface area contributed by atoms with E-state index in [0.29, 0.717) is 37.5 Å². The molecule has 7 nitrogen and oxygen atoms in total. The van der Waals surface area contributed by atoms with Crippen molar-refractivity contribution in [1.82, 2.24) is 4.90 Å². The quantitative estimate of drug-likeness (QED) is 0.683. The third-order valence-electron chi connectivity index (χ3n) is 4.22. The van der Waals surface area contributed by atoms with Gasteiger partial charge in [0.25, 0.3) is 5.91 Å². The maximum atomic E-state index is 12.8. The number of carbonyl (C=O) groups is 2. The van der Waals surface area contributed by atoms with Crippen molar-refractivity contribution < 1.29 is 28.9 Å². The molecule has 1 fully saturated rings. The number of rotatable bonds is 9. The number of likely N-dealkylation sites (tertiary alicyclic amines) is 1. The maximum absolute atomic E-state index is 12.8. The second kappa shape index (κ2) is 9.39. The molecule has 0 radical (unpaired) electrons. The van der Waals surface area contributed by atoms with Gasteiger partial charge in [0.1, 0.15) is 5.75 Å². The lowest BCUT2D eigenvalue weighted by Crippen LogP contribution is -2.37. The summed E-state index contributed by atoms with van der Waals surface area (Å²) in [5.41, 5.74) is 0.483. The number of amides is 1. The Morgan fingerprint density at radius 3 is 2.76 bits per heavy atom. The van der Waals surface area contributed by atoms with Gasteiger partial charge >= 0.3 is 5.97 Å². The first-order valence-corrected chi connectivity index (χ1v) is 8.32. The summed E-state index contributed by atoms with van der Waals surface area (Å²) in [6, 6.07) is 6.59. The molecule has 1 aromatic rings. The molecule has 1 heterocycles.